The van der Waals surface area contributed by atoms with Crippen LogP contribution in [0, 0.1) is 0 Å². The van der Waals surface area contributed by atoms with Gasteiger partial charge in [-0.25, -0.2) is 4.68 Å². The van der Waals surface area contributed by atoms with Gasteiger partial charge in [0, 0.05) is 24.6 Å². The van der Waals surface area contributed by atoms with E-state index in [0.717, 1.165) is 36.0 Å². The Morgan fingerprint density at radius 2 is 1.95 bits per heavy atom. The Morgan fingerprint density at radius 1 is 1.24 bits per heavy atom. The number of benzene rings is 1. The highest BCUT2D eigenvalue weighted by Gasteiger charge is 2.21. The Bertz CT molecular complexity index is 620. The summed E-state index contributed by atoms with van der Waals surface area (Å²) in [7, 11) is 1.62. The van der Waals surface area contributed by atoms with Crippen LogP contribution in [0.4, 0.5) is 0 Å². The molecule has 2 aromatic rings. The van der Waals surface area contributed by atoms with Gasteiger partial charge in [0.25, 0.3) is 5.91 Å². The molecule has 0 spiro atoms. The van der Waals surface area contributed by atoms with Gasteiger partial charge in [0.05, 0.1) is 19.0 Å². The maximum Gasteiger partial charge on any atom is 0.276 e. The molecule has 21 heavy (non-hydrogen) atoms. The maximum absolute atomic E-state index is 12.3. The number of aromatic nitrogens is 3. The van der Waals surface area contributed by atoms with Crippen molar-refractivity contribution in [3.8, 4) is 11.4 Å². The van der Waals surface area contributed by atoms with Crippen molar-refractivity contribution in [2.75, 3.05) is 31.7 Å². The molecule has 0 atom stereocenters. The zero-order chi connectivity index (χ0) is 14.7. The molecule has 1 aromatic heterocycles. The predicted octanol–water partition coefficient (Wildman–Crippen LogP) is 1.46. The van der Waals surface area contributed by atoms with Crippen LogP contribution in [0.1, 0.15) is 10.5 Å². The zero-order valence-corrected chi connectivity index (χ0v) is 12.5. The monoisotopic (exact) mass is 304 g/mol. The van der Waals surface area contributed by atoms with Crippen molar-refractivity contribution in [2.45, 2.75) is 0 Å². The molecule has 2 heterocycles. The number of ether oxygens (including phenoxy) is 1. The Balaban J connectivity index is 1.77. The van der Waals surface area contributed by atoms with Crippen LogP contribution in [0.15, 0.2) is 30.5 Å². The molecule has 3 rings (SSSR count). The van der Waals surface area contributed by atoms with Gasteiger partial charge in [-0.05, 0) is 24.3 Å². The number of amides is 1. The Hall–Kier alpha value is -2.02. The molecule has 0 unspecified atom stereocenters. The Kier molecular flexibility index (Phi) is 4.10. The van der Waals surface area contributed by atoms with E-state index in [1.54, 1.807) is 18.0 Å². The first-order valence-corrected chi connectivity index (χ1v) is 7.87. The van der Waals surface area contributed by atoms with Gasteiger partial charge in [-0.3, -0.25) is 4.79 Å². The molecule has 0 aliphatic carbocycles. The number of nitrogens with zero attached hydrogens (tertiary/aromatic N) is 4. The van der Waals surface area contributed by atoms with Crippen molar-refractivity contribution in [1.82, 2.24) is 19.9 Å². The zero-order valence-electron chi connectivity index (χ0n) is 11.7. The van der Waals surface area contributed by atoms with Gasteiger partial charge in [-0.1, -0.05) is 5.21 Å². The first-order chi connectivity index (χ1) is 10.3. The maximum atomic E-state index is 12.3. The van der Waals surface area contributed by atoms with Gasteiger partial charge in [0.2, 0.25) is 0 Å². The number of rotatable bonds is 3. The number of hydrogen-bond acceptors (Lipinski definition) is 5. The van der Waals surface area contributed by atoms with Gasteiger partial charge in [-0.15, -0.1) is 5.10 Å². The minimum absolute atomic E-state index is 0.0462. The molecule has 0 saturated carbocycles. The smallest absolute Gasteiger partial charge is 0.276 e. The van der Waals surface area contributed by atoms with Crippen LogP contribution in [0.3, 0.4) is 0 Å². The van der Waals surface area contributed by atoms with Crippen molar-refractivity contribution < 1.29 is 9.53 Å². The third-order valence-electron chi connectivity index (χ3n) is 3.35. The number of carbonyl (C=O) groups is 1. The third-order valence-corrected chi connectivity index (χ3v) is 4.29. The topological polar surface area (TPSA) is 60.2 Å². The number of carbonyl (C=O) groups excluding carboxylic acids is 1. The van der Waals surface area contributed by atoms with Crippen LogP contribution < -0.4 is 4.74 Å². The van der Waals surface area contributed by atoms with E-state index in [1.165, 1.54) is 0 Å². The summed E-state index contributed by atoms with van der Waals surface area (Å²) in [5, 5.41) is 8.02. The highest BCUT2D eigenvalue weighted by Crippen LogP contribution is 2.15. The molecule has 110 valence electrons. The minimum atomic E-state index is -0.0462. The van der Waals surface area contributed by atoms with Crippen molar-refractivity contribution in [1.29, 1.82) is 0 Å². The van der Waals surface area contributed by atoms with Gasteiger partial charge in [-0.2, -0.15) is 11.8 Å². The summed E-state index contributed by atoms with van der Waals surface area (Å²) in [6.07, 6.45) is 1.67. The summed E-state index contributed by atoms with van der Waals surface area (Å²) in [6, 6.07) is 7.44. The van der Waals surface area contributed by atoms with E-state index in [2.05, 4.69) is 10.3 Å². The van der Waals surface area contributed by atoms with Crippen molar-refractivity contribution in [3.05, 3.63) is 36.2 Å². The fraction of sp³-hybridized carbons (Fsp3) is 0.357. The second-order valence-electron chi connectivity index (χ2n) is 4.65. The molecule has 1 aliphatic rings. The summed E-state index contributed by atoms with van der Waals surface area (Å²) in [5.41, 5.74) is 1.23. The summed E-state index contributed by atoms with van der Waals surface area (Å²) in [4.78, 5) is 14.2. The normalized spacial score (nSPS) is 15.0. The lowest BCUT2D eigenvalue weighted by atomic mass is 10.3. The first-order valence-electron chi connectivity index (χ1n) is 6.72. The average molecular weight is 304 g/mol. The fourth-order valence-corrected chi connectivity index (χ4v) is 3.05. The molecule has 0 N–H and O–H groups in total. The molecule has 1 saturated heterocycles. The molecule has 1 fully saturated rings. The van der Waals surface area contributed by atoms with Crippen LogP contribution >= 0.6 is 11.8 Å². The molecule has 1 aromatic carbocycles. The number of thioether (sulfide) groups is 1. The summed E-state index contributed by atoms with van der Waals surface area (Å²) in [5.74, 6) is 2.70. The number of hydrogen-bond donors (Lipinski definition) is 0. The number of methoxy groups -OCH3 is 1. The SMILES string of the molecule is COc1ccc(-n2cc(C(=O)N3CCSCC3)nn2)cc1. The standard InChI is InChI=1S/C14H16N4O2S/c1-20-12-4-2-11(3-5-12)18-10-13(15-16-18)14(19)17-6-8-21-9-7-17/h2-5,10H,6-9H2,1H3. The molecule has 0 bridgehead atoms. The van der Waals surface area contributed by atoms with E-state index in [0.29, 0.717) is 5.69 Å². The second-order valence-corrected chi connectivity index (χ2v) is 5.88. The van der Waals surface area contributed by atoms with Gasteiger partial charge in [0.15, 0.2) is 5.69 Å². The quantitative estimate of drug-likeness (QED) is 0.859. The van der Waals surface area contributed by atoms with Crippen molar-refractivity contribution in [2.24, 2.45) is 0 Å². The molecular formula is C14H16N4O2S. The van der Waals surface area contributed by atoms with Crippen LogP contribution in [0.5, 0.6) is 5.75 Å². The highest BCUT2D eigenvalue weighted by atomic mass is 32.2. The van der Waals surface area contributed by atoms with Crippen LogP contribution in [-0.2, 0) is 0 Å². The second kappa shape index (κ2) is 6.17. The fourth-order valence-electron chi connectivity index (χ4n) is 2.15. The molecule has 1 amide bonds. The van der Waals surface area contributed by atoms with E-state index in [4.69, 9.17) is 4.74 Å². The van der Waals surface area contributed by atoms with E-state index < -0.39 is 0 Å². The lowest BCUT2D eigenvalue weighted by Crippen LogP contribution is -2.38. The molecule has 1 aliphatic heterocycles. The Morgan fingerprint density at radius 3 is 2.62 bits per heavy atom. The van der Waals surface area contributed by atoms with Crippen molar-refractivity contribution in [3.63, 3.8) is 0 Å². The Labute approximate surface area is 127 Å². The predicted molar refractivity (Wildman–Crippen MR) is 81.1 cm³/mol. The van der Waals surface area contributed by atoms with Crippen LogP contribution in [-0.4, -0.2) is 57.5 Å². The molecule has 6 nitrogen and oxygen atoms in total. The van der Waals surface area contributed by atoms with Crippen molar-refractivity contribution >= 4 is 17.7 Å². The largest absolute Gasteiger partial charge is 0.497 e. The van der Waals surface area contributed by atoms with Gasteiger partial charge in [0.1, 0.15) is 5.75 Å². The molecular weight excluding hydrogens is 288 g/mol. The summed E-state index contributed by atoms with van der Waals surface area (Å²) in [6.45, 7) is 1.55. The van der Waals surface area contributed by atoms with Crippen LogP contribution in [0.25, 0.3) is 5.69 Å². The summed E-state index contributed by atoms with van der Waals surface area (Å²) >= 11 is 1.87. The third kappa shape index (κ3) is 3.02. The first kappa shape index (κ1) is 13.9. The van der Waals surface area contributed by atoms with E-state index in [9.17, 15) is 4.79 Å². The minimum Gasteiger partial charge on any atom is -0.497 e. The van der Waals surface area contributed by atoms with Gasteiger partial charge < -0.3 is 9.64 Å². The average Bonchev–Trinajstić information content (AvgIpc) is 3.05. The van der Waals surface area contributed by atoms with E-state index in [-0.39, 0.29) is 5.91 Å². The lowest BCUT2D eigenvalue weighted by molar-refractivity contribution is 0.0766. The summed E-state index contributed by atoms with van der Waals surface area (Å²) < 4.78 is 6.72. The molecule has 7 heteroatoms. The van der Waals surface area contributed by atoms with E-state index in [1.807, 2.05) is 40.9 Å². The lowest BCUT2D eigenvalue weighted by Gasteiger charge is -2.25. The van der Waals surface area contributed by atoms with Gasteiger partial charge >= 0.3 is 0 Å². The van der Waals surface area contributed by atoms with Crippen LogP contribution in [0.2, 0.25) is 0 Å². The highest BCUT2D eigenvalue weighted by molar-refractivity contribution is 7.99. The van der Waals surface area contributed by atoms with E-state index >= 15 is 0 Å². The molecule has 0 radical (unpaired) electrons.